The Morgan fingerprint density at radius 2 is 1.15 bits per heavy atom. The highest BCUT2D eigenvalue weighted by molar-refractivity contribution is 5.90. The van der Waals surface area contributed by atoms with Gasteiger partial charge in [0.25, 0.3) is 0 Å². The zero-order chi connectivity index (χ0) is 32.7. The smallest absolute Gasteiger partial charge is 0.408 e. The minimum atomic E-state index is -1.04. The average Bonchev–Trinajstić information content (AvgIpc) is 3.06. The largest absolute Gasteiger partial charge is 0.485 e. The summed E-state index contributed by atoms with van der Waals surface area (Å²) in [5, 5.41) is 5.37. The zero-order valence-electron chi connectivity index (χ0n) is 26.2. The van der Waals surface area contributed by atoms with Crippen LogP contribution in [0.25, 0.3) is 0 Å². The van der Waals surface area contributed by atoms with Gasteiger partial charge in [-0.3, -0.25) is 9.59 Å². The molecule has 0 aliphatic carbocycles. The van der Waals surface area contributed by atoms with Gasteiger partial charge in [-0.1, -0.05) is 111 Å². The lowest BCUT2D eigenvalue weighted by molar-refractivity contribution is -0.128. The Labute approximate surface area is 270 Å². The molecule has 4 rings (SSSR count). The zero-order valence-corrected chi connectivity index (χ0v) is 26.2. The Hall–Kier alpha value is -5.31. The summed E-state index contributed by atoms with van der Waals surface area (Å²) in [4.78, 5) is 38.5. The summed E-state index contributed by atoms with van der Waals surface area (Å²) < 4.78 is 17.6. The summed E-state index contributed by atoms with van der Waals surface area (Å²) in [5.74, 6) is -0.132. The summed E-state index contributed by atoms with van der Waals surface area (Å²) >= 11 is 0. The van der Waals surface area contributed by atoms with Crippen molar-refractivity contribution in [3.63, 3.8) is 0 Å². The average molecular weight is 624 g/mol. The van der Waals surface area contributed by atoms with Crippen LogP contribution in [0.3, 0.4) is 0 Å². The van der Waals surface area contributed by atoms with Crippen molar-refractivity contribution in [2.24, 2.45) is 11.7 Å². The summed E-state index contributed by atoms with van der Waals surface area (Å²) in [6.07, 6.45) is -0.288. The number of ether oxygens (including phenoxy) is 3. The second-order valence-electron chi connectivity index (χ2n) is 11.4. The molecular formula is C37H41N3O6. The first-order valence-corrected chi connectivity index (χ1v) is 15.3. The van der Waals surface area contributed by atoms with E-state index in [0.29, 0.717) is 36.7 Å². The van der Waals surface area contributed by atoms with Crippen molar-refractivity contribution in [1.29, 1.82) is 0 Å². The molecule has 2 atom stereocenters. The van der Waals surface area contributed by atoms with Crippen LogP contribution in [0.15, 0.2) is 109 Å². The highest BCUT2D eigenvalue weighted by atomic mass is 16.5. The molecule has 0 aromatic heterocycles. The number of amides is 3. The highest BCUT2D eigenvalue weighted by Crippen LogP contribution is 2.30. The lowest BCUT2D eigenvalue weighted by Crippen LogP contribution is -2.54. The first-order chi connectivity index (χ1) is 22.3. The van der Waals surface area contributed by atoms with Crippen molar-refractivity contribution < 1.29 is 28.6 Å². The van der Waals surface area contributed by atoms with Crippen LogP contribution in [0.1, 0.15) is 42.5 Å². The van der Waals surface area contributed by atoms with Gasteiger partial charge in [0.2, 0.25) is 11.8 Å². The minimum Gasteiger partial charge on any atom is -0.485 e. The van der Waals surface area contributed by atoms with Crippen molar-refractivity contribution in [2.45, 2.75) is 58.6 Å². The number of benzene rings is 4. The van der Waals surface area contributed by atoms with Crippen LogP contribution in [0, 0.1) is 5.92 Å². The van der Waals surface area contributed by atoms with Crippen molar-refractivity contribution in [2.75, 3.05) is 0 Å². The van der Waals surface area contributed by atoms with E-state index in [-0.39, 0.29) is 18.9 Å². The second-order valence-corrected chi connectivity index (χ2v) is 11.4. The quantitative estimate of drug-likeness (QED) is 0.147. The fraction of sp³-hybridized carbons (Fsp3) is 0.270. The number of nitrogens with two attached hydrogens (primary N) is 1. The number of primary amides is 1. The molecule has 3 amide bonds. The maximum atomic E-state index is 13.4. The number of hydrogen-bond donors (Lipinski definition) is 3. The number of rotatable bonds is 16. The van der Waals surface area contributed by atoms with Gasteiger partial charge >= 0.3 is 6.09 Å². The van der Waals surface area contributed by atoms with Crippen LogP contribution < -0.4 is 25.8 Å². The maximum absolute atomic E-state index is 13.4. The van der Waals surface area contributed by atoms with Gasteiger partial charge in [0, 0.05) is 6.42 Å². The molecule has 0 unspecified atom stereocenters. The van der Waals surface area contributed by atoms with E-state index in [1.807, 2.05) is 111 Å². The van der Waals surface area contributed by atoms with Gasteiger partial charge in [-0.15, -0.1) is 0 Å². The Morgan fingerprint density at radius 3 is 1.67 bits per heavy atom. The third-order valence-electron chi connectivity index (χ3n) is 7.11. The van der Waals surface area contributed by atoms with Gasteiger partial charge in [-0.05, 0) is 46.7 Å². The van der Waals surface area contributed by atoms with Crippen LogP contribution in [0.4, 0.5) is 4.79 Å². The van der Waals surface area contributed by atoms with Gasteiger partial charge in [-0.2, -0.15) is 0 Å². The van der Waals surface area contributed by atoms with E-state index in [1.54, 1.807) is 12.1 Å². The Kier molecular flexibility index (Phi) is 12.6. The molecule has 4 aromatic rings. The summed E-state index contributed by atoms with van der Waals surface area (Å²) in [6.45, 7) is 4.58. The predicted octanol–water partition coefficient (Wildman–Crippen LogP) is 5.70. The van der Waals surface area contributed by atoms with Gasteiger partial charge in [0.15, 0.2) is 11.5 Å². The Bertz CT molecular complexity index is 1550. The third-order valence-corrected chi connectivity index (χ3v) is 7.11. The van der Waals surface area contributed by atoms with Gasteiger partial charge in [-0.25, -0.2) is 4.79 Å². The number of carbonyl (C=O) groups excluding carboxylic acids is 3. The summed E-state index contributed by atoms with van der Waals surface area (Å²) in [5.41, 5.74) is 9.25. The van der Waals surface area contributed by atoms with Gasteiger partial charge in [0.05, 0.1) is 0 Å². The van der Waals surface area contributed by atoms with Gasteiger partial charge in [0.1, 0.15) is 31.9 Å². The fourth-order valence-electron chi connectivity index (χ4n) is 4.72. The molecular weight excluding hydrogens is 582 g/mol. The van der Waals surface area contributed by atoms with E-state index in [4.69, 9.17) is 19.9 Å². The van der Waals surface area contributed by atoms with E-state index >= 15 is 0 Å². The van der Waals surface area contributed by atoms with Crippen LogP contribution in [0.5, 0.6) is 11.5 Å². The van der Waals surface area contributed by atoms with E-state index in [1.165, 1.54) is 0 Å². The molecule has 0 radical (unpaired) electrons. The number of carbonyl (C=O) groups is 3. The maximum Gasteiger partial charge on any atom is 0.408 e. The first-order valence-electron chi connectivity index (χ1n) is 15.3. The molecule has 0 spiro atoms. The molecule has 0 saturated heterocycles. The van der Waals surface area contributed by atoms with E-state index in [0.717, 1.165) is 16.7 Å². The molecule has 4 N–H and O–H groups in total. The molecule has 9 heteroatoms. The van der Waals surface area contributed by atoms with Crippen LogP contribution in [-0.2, 0) is 40.6 Å². The topological polar surface area (TPSA) is 129 Å². The van der Waals surface area contributed by atoms with E-state index < -0.39 is 30.0 Å². The molecule has 46 heavy (non-hydrogen) atoms. The summed E-state index contributed by atoms with van der Waals surface area (Å²) in [7, 11) is 0. The van der Waals surface area contributed by atoms with Crippen LogP contribution >= 0.6 is 0 Å². The lowest BCUT2D eigenvalue weighted by atomic mass is 10.0. The second kappa shape index (κ2) is 17.2. The first kappa shape index (κ1) is 33.6. The number of nitrogens with one attached hydrogen (secondary N) is 2. The Morgan fingerprint density at radius 1 is 0.630 bits per heavy atom. The monoisotopic (exact) mass is 623 g/mol. The third kappa shape index (κ3) is 11.0. The number of alkyl carbamates (subject to hydrolysis) is 1. The van der Waals surface area contributed by atoms with Crippen molar-refractivity contribution in [3.8, 4) is 11.5 Å². The molecule has 0 fully saturated rings. The molecule has 9 nitrogen and oxygen atoms in total. The minimum absolute atomic E-state index is 0.0618. The van der Waals surface area contributed by atoms with Crippen molar-refractivity contribution >= 4 is 17.9 Å². The fourth-order valence-corrected chi connectivity index (χ4v) is 4.72. The van der Waals surface area contributed by atoms with Crippen LogP contribution in [0.2, 0.25) is 0 Å². The highest BCUT2D eigenvalue weighted by Gasteiger charge is 2.27. The van der Waals surface area contributed by atoms with Gasteiger partial charge < -0.3 is 30.6 Å². The SMILES string of the molecule is CC(C)C[C@H](NC(=O)OCc1ccccc1)C(=O)N[C@@H](Cc1ccc(OCc2ccccc2)c(OCc2ccccc2)c1)C(N)=O. The predicted molar refractivity (Wildman–Crippen MR) is 176 cm³/mol. The van der Waals surface area contributed by atoms with Crippen LogP contribution in [-0.4, -0.2) is 30.0 Å². The molecule has 0 saturated carbocycles. The Balaban J connectivity index is 1.45. The molecule has 0 aliphatic heterocycles. The molecule has 0 bridgehead atoms. The molecule has 4 aromatic carbocycles. The van der Waals surface area contributed by atoms with Crippen molar-refractivity contribution in [1.82, 2.24) is 10.6 Å². The molecule has 240 valence electrons. The standard InChI is InChI=1S/C37H41N3O6/c1-26(2)20-32(40-37(43)46-25-29-16-10-5-11-17-29)36(42)39-31(35(38)41)21-30-18-19-33(44-23-27-12-6-3-7-13-27)34(22-30)45-24-28-14-8-4-9-15-28/h3-19,22,26,31-32H,20-21,23-25H2,1-2H3,(H2,38,41)(H,39,42)(H,40,43)/t31-,32-/m0/s1. The summed E-state index contributed by atoms with van der Waals surface area (Å²) in [6, 6.07) is 32.2. The van der Waals surface area contributed by atoms with Crippen molar-refractivity contribution in [3.05, 3.63) is 131 Å². The normalized spacial score (nSPS) is 12.1. The van der Waals surface area contributed by atoms with E-state index in [2.05, 4.69) is 10.6 Å². The lowest BCUT2D eigenvalue weighted by Gasteiger charge is -2.23. The number of hydrogen-bond acceptors (Lipinski definition) is 6. The van der Waals surface area contributed by atoms with E-state index in [9.17, 15) is 14.4 Å². The molecule has 0 aliphatic rings. The molecule has 0 heterocycles.